The van der Waals surface area contributed by atoms with Gasteiger partial charge >= 0.3 is 11.9 Å². The second-order valence-corrected chi connectivity index (χ2v) is 3.53. The second kappa shape index (κ2) is 4.25. The predicted molar refractivity (Wildman–Crippen MR) is 57.8 cm³/mol. The van der Waals surface area contributed by atoms with Gasteiger partial charge in [0.15, 0.2) is 0 Å². The van der Waals surface area contributed by atoms with Gasteiger partial charge in [-0.05, 0) is 12.1 Å². The molecule has 0 aromatic carbocycles. The number of hydrogen-bond donors (Lipinski definition) is 1. The zero-order chi connectivity index (χ0) is 12.4. The minimum atomic E-state index is -0.984. The number of pyridine rings is 1. The molecule has 2 heterocycles. The van der Waals surface area contributed by atoms with Crippen LogP contribution in [0, 0.1) is 13.8 Å². The van der Waals surface area contributed by atoms with Crippen LogP contribution in [0.4, 0.5) is 0 Å². The Kier molecular flexibility index (Phi) is 2.78. The van der Waals surface area contributed by atoms with E-state index in [2.05, 4.69) is 15.0 Å². The number of aromatic carboxylic acids is 1. The zero-order valence-corrected chi connectivity index (χ0v) is 9.45. The molecule has 0 aliphatic rings. The Labute approximate surface area is 97.6 Å². The maximum atomic E-state index is 10.9. The summed E-state index contributed by atoms with van der Waals surface area (Å²) in [5.41, 5.74) is 0.184. The minimum absolute atomic E-state index is 0.184. The standard InChI is InChI=1S/C11H10N4O2/c1-7-12-8(2)14-11(13-7)15-5-3-4-9(6-15)10(16)17/h3-6H,1-2H3/p+1. The summed E-state index contributed by atoms with van der Waals surface area (Å²) in [5.74, 6) is 0.626. The zero-order valence-electron chi connectivity index (χ0n) is 9.45. The van der Waals surface area contributed by atoms with E-state index in [0.717, 1.165) is 0 Å². The van der Waals surface area contributed by atoms with E-state index in [0.29, 0.717) is 17.6 Å². The van der Waals surface area contributed by atoms with Gasteiger partial charge in [0.1, 0.15) is 0 Å². The number of nitrogens with zero attached hydrogens (tertiary/aromatic N) is 4. The molecule has 0 aliphatic heterocycles. The lowest BCUT2D eigenvalue weighted by molar-refractivity contribution is -0.604. The summed E-state index contributed by atoms with van der Waals surface area (Å²) in [4.78, 5) is 23.2. The maximum Gasteiger partial charge on any atom is 0.440 e. The Morgan fingerprint density at radius 2 is 1.88 bits per heavy atom. The van der Waals surface area contributed by atoms with E-state index in [4.69, 9.17) is 5.11 Å². The molecule has 0 radical (unpaired) electrons. The molecule has 0 unspecified atom stereocenters. The van der Waals surface area contributed by atoms with Crippen molar-refractivity contribution >= 4 is 5.97 Å². The van der Waals surface area contributed by atoms with Gasteiger partial charge in [-0.1, -0.05) is 9.97 Å². The molecule has 2 aromatic heterocycles. The first-order valence-electron chi connectivity index (χ1n) is 5.00. The normalized spacial score (nSPS) is 10.2. The number of carboxylic acid groups (broad SMARTS) is 1. The van der Waals surface area contributed by atoms with Gasteiger partial charge < -0.3 is 5.11 Å². The number of rotatable bonds is 2. The van der Waals surface area contributed by atoms with E-state index in [1.165, 1.54) is 12.3 Å². The second-order valence-electron chi connectivity index (χ2n) is 3.53. The van der Waals surface area contributed by atoms with Crippen LogP contribution in [0.3, 0.4) is 0 Å². The first-order valence-corrected chi connectivity index (χ1v) is 5.00. The fourth-order valence-electron chi connectivity index (χ4n) is 1.44. The van der Waals surface area contributed by atoms with E-state index < -0.39 is 5.97 Å². The molecule has 0 saturated heterocycles. The molecule has 0 spiro atoms. The van der Waals surface area contributed by atoms with E-state index in [9.17, 15) is 4.79 Å². The highest BCUT2D eigenvalue weighted by Crippen LogP contribution is 1.98. The Morgan fingerprint density at radius 3 is 2.47 bits per heavy atom. The smallest absolute Gasteiger partial charge is 0.440 e. The van der Waals surface area contributed by atoms with E-state index >= 15 is 0 Å². The van der Waals surface area contributed by atoms with Crippen LogP contribution < -0.4 is 4.57 Å². The third-order valence-electron chi connectivity index (χ3n) is 2.13. The average molecular weight is 231 g/mol. The van der Waals surface area contributed by atoms with Crippen LogP contribution >= 0.6 is 0 Å². The van der Waals surface area contributed by atoms with Crippen molar-refractivity contribution in [3.8, 4) is 5.95 Å². The summed E-state index contributed by atoms with van der Waals surface area (Å²) in [7, 11) is 0. The summed E-state index contributed by atoms with van der Waals surface area (Å²) in [6, 6.07) is 3.15. The Hall–Kier alpha value is -2.37. The summed E-state index contributed by atoms with van der Waals surface area (Å²) < 4.78 is 1.56. The lowest BCUT2D eigenvalue weighted by atomic mass is 10.3. The van der Waals surface area contributed by atoms with Crippen molar-refractivity contribution in [2.24, 2.45) is 0 Å². The molecule has 0 fully saturated rings. The van der Waals surface area contributed by atoms with Gasteiger partial charge in [-0.25, -0.2) is 9.36 Å². The number of aryl methyl sites for hydroxylation is 2. The van der Waals surface area contributed by atoms with Crippen LogP contribution in [-0.4, -0.2) is 26.0 Å². The number of aromatic nitrogens is 4. The minimum Gasteiger partial charge on any atom is -0.478 e. The lowest BCUT2D eigenvalue weighted by Gasteiger charge is -1.98. The van der Waals surface area contributed by atoms with Gasteiger partial charge in [0.25, 0.3) is 0 Å². The van der Waals surface area contributed by atoms with Crippen LogP contribution in [0.25, 0.3) is 5.95 Å². The molecule has 0 bridgehead atoms. The predicted octanol–water partition coefficient (Wildman–Crippen LogP) is 0.463. The first kappa shape index (κ1) is 11.1. The molecule has 17 heavy (non-hydrogen) atoms. The van der Waals surface area contributed by atoms with Crippen molar-refractivity contribution in [2.75, 3.05) is 0 Å². The van der Waals surface area contributed by atoms with Gasteiger partial charge in [-0.3, -0.25) is 0 Å². The van der Waals surface area contributed by atoms with Gasteiger partial charge in [0.2, 0.25) is 11.6 Å². The number of carboxylic acids is 1. The van der Waals surface area contributed by atoms with Gasteiger partial charge in [-0.2, -0.15) is 4.98 Å². The molecule has 0 amide bonds. The fraction of sp³-hybridized carbons (Fsp3) is 0.182. The Balaban J connectivity index is 2.52. The van der Waals surface area contributed by atoms with Crippen LogP contribution in [0.5, 0.6) is 0 Å². The quantitative estimate of drug-likeness (QED) is 0.760. The van der Waals surface area contributed by atoms with Crippen molar-refractivity contribution in [1.82, 2.24) is 15.0 Å². The summed E-state index contributed by atoms with van der Waals surface area (Å²) in [6.07, 6.45) is 3.16. The monoisotopic (exact) mass is 231 g/mol. The van der Waals surface area contributed by atoms with Crippen molar-refractivity contribution < 1.29 is 14.5 Å². The number of carbonyl (C=O) groups is 1. The fourth-order valence-corrected chi connectivity index (χ4v) is 1.44. The summed E-state index contributed by atoms with van der Waals surface area (Å²) >= 11 is 0. The van der Waals surface area contributed by atoms with Crippen molar-refractivity contribution in [1.29, 1.82) is 0 Å². The molecular formula is C11H11N4O2+. The van der Waals surface area contributed by atoms with Gasteiger partial charge in [0.05, 0.1) is 18.0 Å². The van der Waals surface area contributed by atoms with Crippen molar-refractivity contribution in [3.05, 3.63) is 41.7 Å². The molecule has 86 valence electrons. The number of hydrogen-bond acceptors (Lipinski definition) is 4. The molecule has 1 N–H and O–H groups in total. The van der Waals surface area contributed by atoms with Gasteiger partial charge in [0, 0.05) is 13.8 Å². The van der Waals surface area contributed by atoms with Gasteiger partial charge in [-0.15, -0.1) is 0 Å². The molecule has 2 aromatic rings. The molecule has 0 atom stereocenters. The Morgan fingerprint density at radius 1 is 1.24 bits per heavy atom. The highest BCUT2D eigenvalue weighted by molar-refractivity contribution is 5.86. The SMILES string of the molecule is Cc1nc(C)nc(-[n+]2cccc(C(=O)O)c2)n1. The molecule has 0 aliphatic carbocycles. The van der Waals surface area contributed by atoms with Crippen molar-refractivity contribution in [2.45, 2.75) is 13.8 Å². The first-order chi connectivity index (χ1) is 8.06. The van der Waals surface area contributed by atoms with Crippen LogP contribution in [0.1, 0.15) is 22.0 Å². The highest BCUT2D eigenvalue weighted by atomic mass is 16.4. The third-order valence-corrected chi connectivity index (χ3v) is 2.13. The van der Waals surface area contributed by atoms with Crippen LogP contribution in [0.15, 0.2) is 24.5 Å². The van der Waals surface area contributed by atoms with E-state index in [-0.39, 0.29) is 5.56 Å². The van der Waals surface area contributed by atoms with Crippen molar-refractivity contribution in [3.63, 3.8) is 0 Å². The largest absolute Gasteiger partial charge is 0.478 e. The molecule has 6 heteroatoms. The summed E-state index contributed by atoms with van der Waals surface area (Å²) in [5, 5.41) is 8.90. The van der Waals surface area contributed by atoms with Crippen LogP contribution in [0.2, 0.25) is 0 Å². The third kappa shape index (κ3) is 2.41. The molecular weight excluding hydrogens is 220 g/mol. The average Bonchev–Trinajstić information content (AvgIpc) is 2.28. The maximum absolute atomic E-state index is 10.9. The van der Waals surface area contributed by atoms with E-state index in [1.54, 1.807) is 30.7 Å². The van der Waals surface area contributed by atoms with Crippen LogP contribution in [-0.2, 0) is 0 Å². The molecule has 2 rings (SSSR count). The summed E-state index contributed by atoms with van der Waals surface area (Å²) in [6.45, 7) is 3.53. The highest BCUT2D eigenvalue weighted by Gasteiger charge is 2.14. The lowest BCUT2D eigenvalue weighted by Crippen LogP contribution is -2.34. The Bertz CT molecular complexity index is 563. The van der Waals surface area contributed by atoms with E-state index in [1.807, 2.05) is 0 Å². The molecule has 0 saturated carbocycles. The topological polar surface area (TPSA) is 79.9 Å². The molecule has 6 nitrogen and oxygen atoms in total.